The molecule has 92 heavy (non-hydrogen) atoms. The largest absolute Gasteiger partial charge is 0.275 e. The highest BCUT2D eigenvalue weighted by Crippen LogP contribution is 2.51. The van der Waals surface area contributed by atoms with Gasteiger partial charge in [-0.05, 0) is 127 Å². The summed E-state index contributed by atoms with van der Waals surface area (Å²) in [7, 11) is 0. The number of pyridine rings is 2. The van der Waals surface area contributed by atoms with Crippen LogP contribution in [0.4, 0.5) is 0 Å². The van der Waals surface area contributed by atoms with E-state index in [1.54, 1.807) is 11.3 Å². The minimum absolute atomic E-state index is 0.554. The number of fused-ring (bicyclic) bond motifs is 23. The molecule has 8 heterocycles. The van der Waals surface area contributed by atoms with Crippen LogP contribution >= 0.6 is 22.7 Å². The van der Waals surface area contributed by atoms with Crippen LogP contribution in [0.2, 0.25) is 0 Å². The molecule has 0 saturated carbocycles. The van der Waals surface area contributed by atoms with Crippen LogP contribution in [0.15, 0.2) is 261 Å². The maximum Gasteiger partial charge on any atom is 0.235 e. The average molecular weight is 1210 g/mol. The van der Waals surface area contributed by atoms with Crippen molar-refractivity contribution < 1.29 is 0 Å². The minimum Gasteiger partial charge on any atom is -0.275 e. The molecule has 12 aromatic carbocycles. The van der Waals surface area contributed by atoms with Crippen LogP contribution in [-0.2, 0) is 0 Å². The first-order valence-electron chi connectivity index (χ1n) is 30.6. The van der Waals surface area contributed by atoms with Crippen molar-refractivity contribution in [2.45, 2.75) is 0 Å². The zero-order valence-corrected chi connectivity index (χ0v) is 50.3. The predicted molar refractivity (Wildman–Crippen MR) is 382 cm³/mol. The van der Waals surface area contributed by atoms with Crippen molar-refractivity contribution in [1.82, 2.24) is 39.0 Å². The molecule has 0 bridgehead atoms. The number of thiophene rings is 2. The van der Waals surface area contributed by atoms with Gasteiger partial charge in [0.2, 0.25) is 11.9 Å². The third kappa shape index (κ3) is 7.27. The molecular formula is C81H43N9S2. The summed E-state index contributed by atoms with van der Waals surface area (Å²) in [5.74, 6) is 1.15. The SMILES string of the molecule is N#Cc1ccc(-c2nc(-n3c4cccnc4c4c5ccc(-c6cccc(-c7ccc(-c8nc(-n9c%10cccnc%10c%10c%11ccccc%11c%11c%12ccccc%12sc%11c%109)nc9ccccc89)c8ccccc78)c6)cc5c5c6ccccc6sc5c43)nc3ccccc23)cc1. The van der Waals surface area contributed by atoms with Gasteiger partial charge in [0.1, 0.15) is 0 Å². The lowest BCUT2D eigenvalue weighted by Crippen LogP contribution is -2.04. The molecule has 0 spiro atoms. The van der Waals surface area contributed by atoms with E-state index in [0.29, 0.717) is 17.5 Å². The minimum atomic E-state index is 0.554. The molecule has 0 saturated heterocycles. The molecule has 11 heteroatoms. The van der Waals surface area contributed by atoms with Crippen LogP contribution in [0.1, 0.15) is 5.56 Å². The summed E-state index contributed by atoms with van der Waals surface area (Å²) in [5, 5.41) is 25.5. The second kappa shape index (κ2) is 19.5. The Morgan fingerprint density at radius 2 is 0.793 bits per heavy atom. The van der Waals surface area contributed by atoms with E-state index < -0.39 is 0 Å². The van der Waals surface area contributed by atoms with E-state index >= 15 is 0 Å². The first kappa shape index (κ1) is 50.9. The molecule has 20 aromatic rings. The highest BCUT2D eigenvalue weighted by molar-refractivity contribution is 7.27. The maximum atomic E-state index is 9.70. The van der Waals surface area contributed by atoms with Gasteiger partial charge in [-0.1, -0.05) is 176 Å². The molecule has 0 fully saturated rings. The molecular weight excluding hydrogens is 1160 g/mol. The molecule has 0 radical (unpaired) electrons. The molecule has 0 aliphatic rings. The molecule has 424 valence electrons. The lowest BCUT2D eigenvalue weighted by molar-refractivity contribution is 1.02. The monoisotopic (exact) mass is 1210 g/mol. The van der Waals surface area contributed by atoms with E-state index in [2.05, 4.69) is 209 Å². The van der Waals surface area contributed by atoms with Crippen molar-refractivity contribution in [3.8, 4) is 62.7 Å². The zero-order valence-electron chi connectivity index (χ0n) is 48.7. The molecule has 9 nitrogen and oxygen atoms in total. The van der Waals surface area contributed by atoms with Crippen LogP contribution in [-0.4, -0.2) is 39.0 Å². The fraction of sp³-hybridized carbons (Fsp3) is 0. The highest BCUT2D eigenvalue weighted by atomic mass is 32.1. The molecule has 8 aromatic heterocycles. The number of benzene rings is 12. The Balaban J connectivity index is 0.759. The van der Waals surface area contributed by atoms with E-state index in [1.807, 2.05) is 78.3 Å². The number of nitriles is 1. The normalized spacial score (nSPS) is 12.1. The molecule has 0 aliphatic heterocycles. The Kier molecular flexibility index (Phi) is 10.8. The third-order valence-corrected chi connectivity index (χ3v) is 21.0. The summed E-state index contributed by atoms with van der Waals surface area (Å²) in [4.78, 5) is 32.2. The van der Waals surface area contributed by atoms with Gasteiger partial charge < -0.3 is 0 Å². The van der Waals surface area contributed by atoms with Gasteiger partial charge in [-0.15, -0.1) is 22.7 Å². The van der Waals surface area contributed by atoms with Crippen molar-refractivity contribution >= 4 is 161 Å². The molecule has 0 atom stereocenters. The molecule has 0 N–H and O–H groups in total. The highest BCUT2D eigenvalue weighted by Gasteiger charge is 2.28. The summed E-state index contributed by atoms with van der Waals surface area (Å²) in [5.41, 5.74) is 16.1. The molecule has 20 rings (SSSR count). The van der Waals surface area contributed by atoms with E-state index in [-0.39, 0.29) is 0 Å². The first-order chi connectivity index (χ1) is 45.6. The van der Waals surface area contributed by atoms with Gasteiger partial charge in [0.25, 0.3) is 0 Å². The van der Waals surface area contributed by atoms with Crippen molar-refractivity contribution in [3.63, 3.8) is 0 Å². The summed E-state index contributed by atoms with van der Waals surface area (Å²) in [6.07, 6.45) is 3.78. The van der Waals surface area contributed by atoms with Gasteiger partial charge in [0.15, 0.2) is 0 Å². The maximum absolute atomic E-state index is 9.70. The topological polar surface area (TPSA) is 111 Å². The van der Waals surface area contributed by atoms with Crippen LogP contribution in [0, 0.1) is 11.3 Å². The molecule has 0 amide bonds. The fourth-order valence-electron chi connectivity index (χ4n) is 14.7. The van der Waals surface area contributed by atoms with E-state index in [1.165, 1.54) is 41.0 Å². The number of rotatable bonds is 6. The van der Waals surface area contributed by atoms with Crippen LogP contribution in [0.3, 0.4) is 0 Å². The number of hydrogen-bond donors (Lipinski definition) is 0. The first-order valence-corrected chi connectivity index (χ1v) is 32.2. The number of para-hydroxylation sites is 2. The van der Waals surface area contributed by atoms with Crippen LogP contribution < -0.4 is 0 Å². The number of nitrogens with zero attached hydrogens (tertiary/aromatic N) is 9. The van der Waals surface area contributed by atoms with E-state index in [4.69, 9.17) is 29.9 Å². The predicted octanol–water partition coefficient (Wildman–Crippen LogP) is 21.3. The lowest BCUT2D eigenvalue weighted by atomic mass is 9.91. The summed E-state index contributed by atoms with van der Waals surface area (Å²) >= 11 is 3.62. The van der Waals surface area contributed by atoms with Gasteiger partial charge in [-0.2, -0.15) is 5.26 Å². The Labute approximate surface area is 531 Å². The molecule has 0 unspecified atom stereocenters. The Bertz CT molecular complexity index is 6670. The van der Waals surface area contributed by atoms with Gasteiger partial charge in [-0.3, -0.25) is 19.1 Å². The third-order valence-electron chi connectivity index (χ3n) is 18.7. The van der Waals surface area contributed by atoms with Gasteiger partial charge >= 0.3 is 0 Å². The van der Waals surface area contributed by atoms with Gasteiger partial charge in [-0.25, -0.2) is 19.9 Å². The fourth-order valence-corrected chi connectivity index (χ4v) is 17.2. The summed E-state index contributed by atoms with van der Waals surface area (Å²) < 4.78 is 9.25. The van der Waals surface area contributed by atoms with Crippen molar-refractivity contribution in [3.05, 3.63) is 267 Å². The van der Waals surface area contributed by atoms with Gasteiger partial charge in [0.05, 0.1) is 76.6 Å². The van der Waals surface area contributed by atoms with Crippen molar-refractivity contribution in [2.24, 2.45) is 0 Å². The van der Waals surface area contributed by atoms with Crippen molar-refractivity contribution in [2.75, 3.05) is 0 Å². The van der Waals surface area contributed by atoms with Crippen LogP contribution in [0.5, 0.6) is 0 Å². The molecule has 0 aliphatic carbocycles. The Morgan fingerprint density at radius 1 is 0.326 bits per heavy atom. The second-order valence-corrected chi connectivity index (χ2v) is 25.6. The standard InChI is InChI=1S/C81H43N9S2/c82-44-45-32-34-46(35-33-45)72-57-22-5-9-26-62(57)85-80(87-72)89-65-29-15-41-84-75(65)71-55-37-36-48(43-61(55)69-60-25-8-12-31-67(60)92-79(69)77(71)89)47-16-13-17-49(42-47)50-38-39-56(52-19-2-1-18-51(50)52)73-58-23-6-10-27-63(58)86-81(88-73)90-64-28-14-40-83-74(64)70-54-21-4-3-20-53(54)68-59-24-7-11-30-66(59)91-78(68)76(70)90/h1-43H. The number of hydrogen-bond acceptors (Lipinski definition) is 9. The van der Waals surface area contributed by atoms with Gasteiger partial charge in [0, 0.05) is 76.0 Å². The number of aromatic nitrogens is 8. The van der Waals surface area contributed by atoms with E-state index in [9.17, 15) is 5.26 Å². The Morgan fingerprint density at radius 3 is 1.41 bits per heavy atom. The van der Waals surface area contributed by atoms with E-state index in [0.717, 1.165) is 142 Å². The summed E-state index contributed by atoms with van der Waals surface area (Å²) in [6, 6.07) is 90.2. The zero-order chi connectivity index (χ0) is 60.3. The van der Waals surface area contributed by atoms with Crippen molar-refractivity contribution in [1.29, 1.82) is 5.26 Å². The smallest absolute Gasteiger partial charge is 0.235 e. The quantitative estimate of drug-likeness (QED) is 0.163. The lowest BCUT2D eigenvalue weighted by Gasteiger charge is -2.16. The Hall–Kier alpha value is -12.1. The second-order valence-electron chi connectivity index (χ2n) is 23.5. The average Bonchev–Trinajstić information content (AvgIpc) is 1.54. The van der Waals surface area contributed by atoms with Crippen LogP contribution in [0.25, 0.3) is 195 Å². The summed E-state index contributed by atoms with van der Waals surface area (Å²) in [6.45, 7) is 0.